The summed E-state index contributed by atoms with van der Waals surface area (Å²) in [6.07, 6.45) is 0. The Labute approximate surface area is 97.3 Å². The van der Waals surface area contributed by atoms with E-state index in [9.17, 15) is 4.79 Å². The van der Waals surface area contributed by atoms with Gasteiger partial charge in [0.2, 0.25) is 0 Å². The highest BCUT2D eigenvalue weighted by molar-refractivity contribution is 7.82. The molecule has 0 saturated carbocycles. The standard InChI is InChI=1S/C8H15N3OS.C2H6/c1-8(2,3)7(9)11-6(13)5(12)10-4;1-2/h1-4H3,(H,10,12)(H2,9,11,13);1-2H3. The van der Waals surface area contributed by atoms with Crippen molar-refractivity contribution in [3.05, 3.63) is 0 Å². The first-order valence-corrected chi connectivity index (χ1v) is 5.30. The van der Waals surface area contributed by atoms with Crippen LogP contribution in [0.4, 0.5) is 0 Å². The van der Waals surface area contributed by atoms with Crippen molar-refractivity contribution in [1.29, 1.82) is 0 Å². The van der Waals surface area contributed by atoms with Gasteiger partial charge in [-0.1, -0.05) is 46.8 Å². The summed E-state index contributed by atoms with van der Waals surface area (Å²) in [6, 6.07) is 0. The van der Waals surface area contributed by atoms with E-state index in [0.717, 1.165) is 0 Å². The Morgan fingerprint density at radius 3 is 2.00 bits per heavy atom. The van der Waals surface area contributed by atoms with Crippen molar-refractivity contribution in [2.75, 3.05) is 7.05 Å². The Kier molecular flexibility index (Phi) is 8.05. The number of hydrogen-bond acceptors (Lipinski definition) is 2. The molecule has 0 spiro atoms. The highest BCUT2D eigenvalue weighted by atomic mass is 32.1. The fourth-order valence-corrected chi connectivity index (χ4v) is 0.635. The number of thiocarbonyl (C=S) groups is 1. The van der Waals surface area contributed by atoms with Crippen molar-refractivity contribution >= 4 is 28.9 Å². The zero-order valence-corrected chi connectivity index (χ0v) is 11.2. The predicted molar refractivity (Wildman–Crippen MR) is 69.1 cm³/mol. The molecule has 0 bridgehead atoms. The fraction of sp³-hybridized carbons (Fsp3) is 0.700. The lowest BCUT2D eigenvalue weighted by Gasteiger charge is -2.16. The second kappa shape index (κ2) is 7.34. The van der Waals surface area contributed by atoms with Crippen LogP contribution >= 0.6 is 12.2 Å². The first-order chi connectivity index (χ1) is 6.79. The number of rotatable bonds is 0. The highest BCUT2D eigenvalue weighted by Crippen LogP contribution is 2.12. The number of nitrogens with zero attached hydrogens (tertiary/aromatic N) is 1. The lowest BCUT2D eigenvalue weighted by molar-refractivity contribution is -0.114. The van der Waals surface area contributed by atoms with E-state index >= 15 is 0 Å². The van der Waals surface area contributed by atoms with Crippen molar-refractivity contribution in [3.63, 3.8) is 0 Å². The van der Waals surface area contributed by atoms with E-state index in [1.165, 1.54) is 7.05 Å². The number of nitrogens with one attached hydrogen (secondary N) is 1. The third kappa shape index (κ3) is 7.02. The SMILES string of the molecule is CC.CNC(=O)C(=S)N=C(N)C(C)(C)C. The molecular weight excluding hydrogens is 210 g/mol. The maximum Gasteiger partial charge on any atom is 0.280 e. The third-order valence-electron chi connectivity index (χ3n) is 1.41. The number of hydrogen-bond donors (Lipinski definition) is 2. The second-order valence-corrected chi connectivity index (χ2v) is 4.02. The van der Waals surface area contributed by atoms with Crippen LogP contribution < -0.4 is 11.1 Å². The van der Waals surface area contributed by atoms with Crippen LogP contribution in [0.2, 0.25) is 0 Å². The quantitative estimate of drug-likeness (QED) is 0.377. The van der Waals surface area contributed by atoms with E-state index in [0.29, 0.717) is 5.84 Å². The number of amidine groups is 1. The summed E-state index contributed by atoms with van der Waals surface area (Å²) in [7, 11) is 1.50. The maximum absolute atomic E-state index is 11.0. The average Bonchev–Trinajstić information content (AvgIpc) is 2.18. The summed E-state index contributed by atoms with van der Waals surface area (Å²) in [5, 5.41) is 2.38. The van der Waals surface area contributed by atoms with Gasteiger partial charge in [0.1, 0.15) is 5.84 Å². The molecule has 0 atom stereocenters. The number of nitrogens with two attached hydrogens (primary N) is 1. The van der Waals surface area contributed by atoms with Gasteiger partial charge in [-0.15, -0.1) is 0 Å². The number of carbonyl (C=O) groups excluding carboxylic acids is 1. The molecule has 3 N–H and O–H groups in total. The second-order valence-electron chi connectivity index (χ2n) is 3.63. The van der Waals surface area contributed by atoms with Crippen molar-refractivity contribution in [1.82, 2.24) is 5.32 Å². The van der Waals surface area contributed by atoms with Crippen LogP contribution in [-0.4, -0.2) is 23.8 Å². The van der Waals surface area contributed by atoms with E-state index in [-0.39, 0.29) is 16.3 Å². The first-order valence-electron chi connectivity index (χ1n) is 4.89. The zero-order valence-electron chi connectivity index (χ0n) is 10.3. The Morgan fingerprint density at radius 1 is 1.33 bits per heavy atom. The molecule has 0 fully saturated rings. The van der Waals surface area contributed by atoms with Gasteiger partial charge in [-0.3, -0.25) is 4.79 Å². The van der Waals surface area contributed by atoms with Crippen molar-refractivity contribution in [2.24, 2.45) is 16.1 Å². The molecule has 0 aromatic heterocycles. The Morgan fingerprint density at radius 2 is 1.73 bits per heavy atom. The van der Waals surface area contributed by atoms with Crippen LogP contribution in [0.5, 0.6) is 0 Å². The molecule has 0 aromatic carbocycles. The molecule has 1 amide bonds. The van der Waals surface area contributed by atoms with Gasteiger partial charge in [0.25, 0.3) is 5.91 Å². The van der Waals surface area contributed by atoms with Crippen molar-refractivity contribution in [2.45, 2.75) is 34.6 Å². The lowest BCUT2D eigenvalue weighted by Crippen LogP contribution is -2.33. The largest absolute Gasteiger partial charge is 0.387 e. The minimum absolute atomic E-state index is 0.0325. The van der Waals surface area contributed by atoms with Crippen LogP contribution in [0.3, 0.4) is 0 Å². The molecule has 0 radical (unpaired) electrons. The van der Waals surface area contributed by atoms with E-state index in [1.54, 1.807) is 0 Å². The molecular formula is C10H21N3OS. The summed E-state index contributed by atoms with van der Waals surface area (Å²) in [6.45, 7) is 9.70. The van der Waals surface area contributed by atoms with E-state index in [4.69, 9.17) is 18.0 Å². The normalized spacial score (nSPS) is 11.2. The summed E-state index contributed by atoms with van der Waals surface area (Å²) in [5.41, 5.74) is 5.36. The molecule has 0 saturated heterocycles. The molecule has 0 rings (SSSR count). The minimum atomic E-state index is -0.387. The summed E-state index contributed by atoms with van der Waals surface area (Å²) in [5.74, 6) is -0.0247. The molecule has 0 heterocycles. The van der Waals surface area contributed by atoms with Crippen LogP contribution in [0.1, 0.15) is 34.6 Å². The van der Waals surface area contributed by atoms with Gasteiger partial charge in [-0.2, -0.15) is 0 Å². The molecule has 0 aliphatic carbocycles. The number of aliphatic imine (C=N–C) groups is 1. The summed E-state index contributed by atoms with van der Waals surface area (Å²) in [4.78, 5) is 14.8. The Bertz CT molecular complexity index is 254. The van der Waals surface area contributed by atoms with Crippen molar-refractivity contribution < 1.29 is 4.79 Å². The average molecular weight is 231 g/mol. The monoisotopic (exact) mass is 231 g/mol. The molecule has 0 aliphatic rings. The van der Waals surface area contributed by atoms with Gasteiger partial charge < -0.3 is 11.1 Å². The summed E-state index contributed by atoms with van der Waals surface area (Å²) < 4.78 is 0. The molecule has 0 aromatic rings. The topological polar surface area (TPSA) is 67.5 Å². The van der Waals surface area contributed by atoms with Crippen LogP contribution in [0, 0.1) is 5.41 Å². The van der Waals surface area contributed by atoms with E-state index in [2.05, 4.69) is 10.3 Å². The zero-order chi connectivity index (χ0) is 12.6. The van der Waals surface area contributed by atoms with Gasteiger partial charge >= 0.3 is 0 Å². The molecule has 15 heavy (non-hydrogen) atoms. The van der Waals surface area contributed by atoms with E-state index in [1.807, 2.05) is 34.6 Å². The Balaban J connectivity index is 0. The van der Waals surface area contributed by atoms with E-state index < -0.39 is 0 Å². The smallest absolute Gasteiger partial charge is 0.280 e. The molecule has 0 aliphatic heterocycles. The van der Waals surface area contributed by atoms with Crippen LogP contribution in [0.15, 0.2) is 4.99 Å². The fourth-order valence-electron chi connectivity index (χ4n) is 0.435. The molecule has 4 nitrogen and oxygen atoms in total. The lowest BCUT2D eigenvalue weighted by atomic mass is 9.95. The molecule has 0 unspecified atom stereocenters. The molecule has 5 heteroatoms. The number of amides is 1. The van der Waals surface area contributed by atoms with Gasteiger partial charge in [0.05, 0.1) is 0 Å². The number of carbonyl (C=O) groups is 1. The van der Waals surface area contributed by atoms with Gasteiger partial charge in [-0.05, 0) is 0 Å². The summed E-state index contributed by atoms with van der Waals surface area (Å²) >= 11 is 4.74. The van der Waals surface area contributed by atoms with Crippen molar-refractivity contribution in [3.8, 4) is 0 Å². The predicted octanol–water partition coefficient (Wildman–Crippen LogP) is 1.49. The van der Waals surface area contributed by atoms with Gasteiger partial charge in [-0.25, -0.2) is 4.99 Å². The first kappa shape index (κ1) is 16.5. The van der Waals surface area contributed by atoms with Crippen LogP contribution in [-0.2, 0) is 4.79 Å². The highest BCUT2D eigenvalue weighted by Gasteiger charge is 2.17. The Hall–Kier alpha value is -0.970. The third-order valence-corrected chi connectivity index (χ3v) is 1.69. The van der Waals surface area contributed by atoms with Gasteiger partial charge in [0, 0.05) is 12.5 Å². The van der Waals surface area contributed by atoms with Crippen LogP contribution in [0.25, 0.3) is 0 Å². The minimum Gasteiger partial charge on any atom is -0.387 e. The number of likely N-dealkylation sites (N-methyl/N-ethyl adjacent to an activating group) is 1. The maximum atomic E-state index is 11.0. The van der Waals surface area contributed by atoms with Gasteiger partial charge in [0.15, 0.2) is 4.99 Å². The molecule has 88 valence electrons.